The minimum absolute atomic E-state index is 0.0216. The number of amides is 2. The topological polar surface area (TPSA) is 43.9 Å². The number of aryl methyl sites for hydroxylation is 2. The fourth-order valence-corrected chi connectivity index (χ4v) is 4.47. The standard InChI is InChI=1S/C24H26ClN3O2/c1-4-26-11-13-27(14-12-26)18-6-8-19(9-7-18)28-23(29)21(22(25)24(28)30)20-10-5-16(2)15-17(20)3/h5-10,15H,4,11-14H2,1-3H3. The molecule has 0 saturated carbocycles. The Bertz CT molecular complexity index is 1020. The van der Waals surface area contributed by atoms with Gasteiger partial charge in [-0.2, -0.15) is 0 Å². The highest BCUT2D eigenvalue weighted by Crippen LogP contribution is 2.36. The van der Waals surface area contributed by atoms with E-state index in [-0.39, 0.29) is 16.5 Å². The first-order chi connectivity index (χ1) is 14.4. The highest BCUT2D eigenvalue weighted by atomic mass is 35.5. The Morgan fingerprint density at radius 3 is 2.10 bits per heavy atom. The van der Waals surface area contributed by atoms with E-state index in [1.807, 2.05) is 56.3 Å². The van der Waals surface area contributed by atoms with Crippen molar-refractivity contribution >= 4 is 40.4 Å². The van der Waals surface area contributed by atoms with Gasteiger partial charge in [0.15, 0.2) is 0 Å². The molecule has 4 rings (SSSR count). The van der Waals surface area contributed by atoms with Gasteiger partial charge >= 0.3 is 0 Å². The minimum atomic E-state index is -0.471. The first kappa shape index (κ1) is 20.6. The normalized spacial score (nSPS) is 18.0. The zero-order valence-corrected chi connectivity index (χ0v) is 18.4. The summed E-state index contributed by atoms with van der Waals surface area (Å²) in [4.78, 5) is 31.9. The Labute approximate surface area is 182 Å². The van der Waals surface area contributed by atoms with Crippen LogP contribution >= 0.6 is 11.6 Å². The molecule has 2 aliphatic rings. The Morgan fingerprint density at radius 1 is 0.867 bits per heavy atom. The number of carbonyl (C=O) groups is 2. The molecule has 30 heavy (non-hydrogen) atoms. The lowest BCUT2D eigenvalue weighted by molar-refractivity contribution is -0.119. The lowest BCUT2D eigenvalue weighted by Crippen LogP contribution is -2.46. The van der Waals surface area contributed by atoms with E-state index in [4.69, 9.17) is 11.6 Å². The first-order valence-corrected chi connectivity index (χ1v) is 10.7. The minimum Gasteiger partial charge on any atom is -0.369 e. The Balaban J connectivity index is 1.57. The monoisotopic (exact) mass is 423 g/mol. The maximum atomic E-state index is 13.2. The molecule has 0 unspecified atom stereocenters. The van der Waals surface area contributed by atoms with Gasteiger partial charge in [-0.15, -0.1) is 0 Å². The molecule has 6 heteroatoms. The SMILES string of the molecule is CCN1CCN(c2ccc(N3C(=O)C(Cl)=C(c4ccc(C)cc4C)C3=O)cc2)CC1. The van der Waals surface area contributed by atoms with E-state index in [0.717, 1.165) is 49.5 Å². The average Bonchev–Trinajstić information content (AvgIpc) is 2.97. The van der Waals surface area contributed by atoms with Gasteiger partial charge < -0.3 is 9.80 Å². The molecule has 0 aromatic heterocycles. The van der Waals surface area contributed by atoms with E-state index in [9.17, 15) is 9.59 Å². The van der Waals surface area contributed by atoms with Crippen molar-refractivity contribution in [2.75, 3.05) is 42.5 Å². The fourth-order valence-electron chi connectivity index (χ4n) is 4.20. The molecule has 0 spiro atoms. The summed E-state index contributed by atoms with van der Waals surface area (Å²) in [6.45, 7) is 11.2. The predicted octanol–water partition coefficient (Wildman–Crippen LogP) is 3.97. The summed E-state index contributed by atoms with van der Waals surface area (Å²) in [5.41, 5.74) is 4.64. The zero-order chi connectivity index (χ0) is 21.4. The van der Waals surface area contributed by atoms with E-state index >= 15 is 0 Å². The van der Waals surface area contributed by atoms with Gasteiger partial charge in [-0.25, -0.2) is 4.90 Å². The van der Waals surface area contributed by atoms with Crippen molar-refractivity contribution in [1.82, 2.24) is 4.90 Å². The second kappa shape index (κ2) is 8.25. The van der Waals surface area contributed by atoms with Crippen molar-refractivity contribution in [3.63, 3.8) is 0 Å². The lowest BCUT2D eigenvalue weighted by Gasteiger charge is -2.35. The molecule has 156 valence electrons. The number of likely N-dealkylation sites (N-methyl/N-ethyl adjacent to an activating group) is 1. The van der Waals surface area contributed by atoms with Crippen LogP contribution in [-0.4, -0.2) is 49.4 Å². The van der Waals surface area contributed by atoms with Crippen LogP contribution in [0.15, 0.2) is 47.5 Å². The summed E-state index contributed by atoms with van der Waals surface area (Å²) in [7, 11) is 0. The summed E-state index contributed by atoms with van der Waals surface area (Å²) in [6.07, 6.45) is 0. The van der Waals surface area contributed by atoms with Gasteiger partial charge in [0.05, 0.1) is 11.3 Å². The number of nitrogens with zero attached hydrogens (tertiary/aromatic N) is 3. The van der Waals surface area contributed by atoms with Crippen LogP contribution in [0, 0.1) is 13.8 Å². The number of anilines is 2. The maximum Gasteiger partial charge on any atom is 0.277 e. The molecule has 2 aromatic carbocycles. The van der Waals surface area contributed by atoms with Crippen LogP contribution in [-0.2, 0) is 9.59 Å². The van der Waals surface area contributed by atoms with Gasteiger partial charge in [0.25, 0.3) is 11.8 Å². The molecule has 0 atom stereocenters. The van der Waals surface area contributed by atoms with Crippen molar-refractivity contribution < 1.29 is 9.59 Å². The molecule has 2 heterocycles. The maximum absolute atomic E-state index is 13.2. The number of imide groups is 1. The number of halogens is 1. The highest BCUT2D eigenvalue weighted by Gasteiger charge is 2.39. The average molecular weight is 424 g/mol. The second-order valence-corrected chi connectivity index (χ2v) is 8.27. The molecule has 5 nitrogen and oxygen atoms in total. The van der Waals surface area contributed by atoms with E-state index in [1.54, 1.807) is 0 Å². The van der Waals surface area contributed by atoms with Crippen molar-refractivity contribution in [1.29, 1.82) is 0 Å². The van der Waals surface area contributed by atoms with Gasteiger partial charge in [-0.1, -0.05) is 42.3 Å². The van der Waals surface area contributed by atoms with Gasteiger partial charge in [0.1, 0.15) is 5.03 Å². The molecule has 1 saturated heterocycles. The quantitative estimate of drug-likeness (QED) is 0.698. The number of rotatable bonds is 4. The van der Waals surface area contributed by atoms with Crippen molar-refractivity contribution in [2.24, 2.45) is 0 Å². The third-order valence-corrected chi connectivity index (χ3v) is 6.32. The summed E-state index contributed by atoms with van der Waals surface area (Å²) < 4.78 is 0. The molecule has 0 aliphatic carbocycles. The molecule has 1 fully saturated rings. The molecular formula is C24H26ClN3O2. The molecule has 0 radical (unpaired) electrons. The van der Waals surface area contributed by atoms with Gasteiger partial charge in [-0.05, 0) is 55.8 Å². The van der Waals surface area contributed by atoms with Gasteiger partial charge in [-0.3, -0.25) is 9.59 Å². The molecule has 0 bridgehead atoms. The van der Waals surface area contributed by atoms with Crippen LogP contribution in [0.4, 0.5) is 11.4 Å². The summed E-state index contributed by atoms with van der Waals surface area (Å²) in [6, 6.07) is 13.4. The van der Waals surface area contributed by atoms with E-state index in [0.29, 0.717) is 11.3 Å². The molecule has 0 N–H and O–H groups in total. The van der Waals surface area contributed by atoms with Crippen LogP contribution in [0.2, 0.25) is 0 Å². The summed E-state index contributed by atoms with van der Waals surface area (Å²) >= 11 is 6.35. The number of hydrogen-bond acceptors (Lipinski definition) is 4. The summed E-state index contributed by atoms with van der Waals surface area (Å²) in [5.74, 6) is -0.845. The van der Waals surface area contributed by atoms with Gasteiger partial charge in [0.2, 0.25) is 0 Å². The van der Waals surface area contributed by atoms with E-state index < -0.39 is 5.91 Å². The number of benzene rings is 2. The van der Waals surface area contributed by atoms with Crippen LogP contribution in [0.25, 0.3) is 5.57 Å². The van der Waals surface area contributed by atoms with Crippen LogP contribution in [0.1, 0.15) is 23.6 Å². The second-order valence-electron chi connectivity index (χ2n) is 7.89. The molecule has 2 aromatic rings. The smallest absolute Gasteiger partial charge is 0.277 e. The van der Waals surface area contributed by atoms with Crippen molar-refractivity contribution in [2.45, 2.75) is 20.8 Å². The molecule has 2 amide bonds. The number of piperazine rings is 1. The third-order valence-electron chi connectivity index (χ3n) is 5.97. The van der Waals surface area contributed by atoms with E-state index in [2.05, 4.69) is 16.7 Å². The largest absolute Gasteiger partial charge is 0.369 e. The van der Waals surface area contributed by atoms with Crippen LogP contribution in [0.5, 0.6) is 0 Å². The van der Waals surface area contributed by atoms with Gasteiger partial charge in [0, 0.05) is 31.9 Å². The first-order valence-electron chi connectivity index (χ1n) is 10.3. The Kier molecular flexibility index (Phi) is 5.67. The fraction of sp³-hybridized carbons (Fsp3) is 0.333. The van der Waals surface area contributed by atoms with Crippen LogP contribution in [0.3, 0.4) is 0 Å². The number of carbonyl (C=O) groups excluding carboxylic acids is 2. The Hall–Kier alpha value is -2.63. The zero-order valence-electron chi connectivity index (χ0n) is 17.6. The molecular weight excluding hydrogens is 398 g/mol. The highest BCUT2D eigenvalue weighted by molar-refractivity contribution is 6.60. The van der Waals surface area contributed by atoms with Crippen LogP contribution < -0.4 is 9.80 Å². The van der Waals surface area contributed by atoms with Crippen molar-refractivity contribution in [3.8, 4) is 0 Å². The number of hydrogen-bond donors (Lipinski definition) is 0. The lowest BCUT2D eigenvalue weighted by atomic mass is 9.99. The summed E-state index contributed by atoms with van der Waals surface area (Å²) in [5, 5.41) is -0.0216. The van der Waals surface area contributed by atoms with Crippen molar-refractivity contribution in [3.05, 3.63) is 64.2 Å². The Morgan fingerprint density at radius 2 is 1.50 bits per heavy atom. The predicted molar refractivity (Wildman–Crippen MR) is 122 cm³/mol. The van der Waals surface area contributed by atoms with E-state index in [1.165, 1.54) is 4.90 Å². The molecule has 2 aliphatic heterocycles. The third kappa shape index (κ3) is 3.64.